The molecule has 0 aliphatic carbocycles. The smallest absolute Gasteiger partial charge is 0.420 e. The molecule has 0 bridgehead atoms. The molecule has 0 saturated carbocycles. The molecule has 0 unspecified atom stereocenters. The summed E-state index contributed by atoms with van der Waals surface area (Å²) in [5.41, 5.74) is 1.13. The molecular formula is C22H31Cl2N3O5S. The van der Waals surface area contributed by atoms with Gasteiger partial charge < -0.3 is 9.47 Å². The number of amides is 1. The third kappa shape index (κ3) is 9.81. The lowest BCUT2D eigenvalue weighted by molar-refractivity contribution is 0.111. The van der Waals surface area contributed by atoms with Crippen molar-refractivity contribution >= 4 is 39.3 Å². The lowest BCUT2D eigenvalue weighted by Gasteiger charge is -2.18. The van der Waals surface area contributed by atoms with Crippen LogP contribution in [0.4, 0.5) is 4.79 Å². The van der Waals surface area contributed by atoms with Crippen molar-refractivity contribution in [3.8, 4) is 5.88 Å². The Hall–Kier alpha value is -1.97. The molecule has 1 N–H and O–H groups in total. The molecule has 33 heavy (non-hydrogen) atoms. The molecule has 184 valence electrons. The number of benzene rings is 1. The molecule has 2 aromatic rings. The van der Waals surface area contributed by atoms with Crippen LogP contribution in [0.5, 0.6) is 5.88 Å². The lowest BCUT2D eigenvalue weighted by atomic mass is 9.99. The van der Waals surface area contributed by atoms with E-state index in [1.807, 2.05) is 25.5 Å². The molecule has 1 heterocycles. The van der Waals surface area contributed by atoms with Crippen LogP contribution in [0.2, 0.25) is 10.0 Å². The summed E-state index contributed by atoms with van der Waals surface area (Å²) in [5.74, 6) is 0.0741. The van der Waals surface area contributed by atoms with Crippen molar-refractivity contribution in [3.63, 3.8) is 0 Å². The van der Waals surface area contributed by atoms with E-state index in [0.717, 1.165) is 18.4 Å². The van der Waals surface area contributed by atoms with Crippen molar-refractivity contribution in [3.05, 3.63) is 45.6 Å². The zero-order valence-corrected chi connectivity index (χ0v) is 21.7. The second-order valence-electron chi connectivity index (χ2n) is 8.88. The van der Waals surface area contributed by atoms with E-state index in [4.69, 9.17) is 32.7 Å². The number of unbranched alkanes of at least 4 members (excludes halogenated alkanes) is 1. The number of nitrogens with one attached hydrogen (secondary N) is 1. The number of nitrogens with zero attached hydrogens (tertiary/aromatic N) is 2. The first kappa shape index (κ1) is 27.3. The molecule has 2 rings (SSSR count). The van der Waals surface area contributed by atoms with Crippen molar-refractivity contribution in [1.29, 1.82) is 0 Å². The predicted octanol–water partition coefficient (Wildman–Crippen LogP) is 5.06. The fourth-order valence-electron chi connectivity index (χ4n) is 2.70. The minimum atomic E-state index is -3.91. The summed E-state index contributed by atoms with van der Waals surface area (Å²) in [6.07, 6.45) is 0.968. The van der Waals surface area contributed by atoms with E-state index in [9.17, 15) is 13.2 Å². The van der Waals surface area contributed by atoms with Crippen LogP contribution in [0.15, 0.2) is 24.3 Å². The Morgan fingerprint density at radius 1 is 1.21 bits per heavy atom. The summed E-state index contributed by atoms with van der Waals surface area (Å²) < 4.78 is 39.1. The van der Waals surface area contributed by atoms with Gasteiger partial charge in [0.1, 0.15) is 0 Å². The van der Waals surface area contributed by atoms with Crippen LogP contribution in [0.25, 0.3) is 0 Å². The van der Waals surface area contributed by atoms with Gasteiger partial charge in [-0.05, 0) is 29.5 Å². The van der Waals surface area contributed by atoms with Crippen LogP contribution >= 0.6 is 23.2 Å². The average molecular weight is 520 g/mol. The zero-order valence-electron chi connectivity index (χ0n) is 19.4. The molecule has 0 atom stereocenters. The van der Waals surface area contributed by atoms with Crippen LogP contribution in [0.3, 0.4) is 0 Å². The van der Waals surface area contributed by atoms with Gasteiger partial charge in [-0.1, -0.05) is 63.4 Å². The number of halogens is 2. The fourth-order valence-corrected chi connectivity index (χ4v) is 4.06. The Morgan fingerprint density at radius 3 is 2.58 bits per heavy atom. The Bertz CT molecular complexity index is 1050. The Kier molecular flexibility index (Phi) is 9.87. The first-order valence-electron chi connectivity index (χ1n) is 10.7. The fraction of sp³-hybridized carbons (Fsp3) is 0.545. The van der Waals surface area contributed by atoms with Gasteiger partial charge in [0, 0.05) is 28.2 Å². The molecule has 0 aliphatic rings. The predicted molar refractivity (Wildman–Crippen MR) is 130 cm³/mol. The van der Waals surface area contributed by atoms with Gasteiger partial charge in [-0.15, -0.1) is 5.10 Å². The molecule has 1 amide bonds. The lowest BCUT2D eigenvalue weighted by Crippen LogP contribution is -2.35. The number of carbonyl (C=O) groups is 1. The number of aryl methyl sites for hydroxylation is 1. The van der Waals surface area contributed by atoms with Gasteiger partial charge in [0.05, 0.1) is 25.5 Å². The summed E-state index contributed by atoms with van der Waals surface area (Å²) in [4.78, 5) is 11.9. The largest absolute Gasteiger partial charge is 0.477 e. The van der Waals surface area contributed by atoms with E-state index in [-0.39, 0.29) is 24.2 Å². The maximum absolute atomic E-state index is 12.4. The number of rotatable bonds is 11. The van der Waals surface area contributed by atoms with E-state index < -0.39 is 16.1 Å². The van der Waals surface area contributed by atoms with Crippen LogP contribution in [-0.4, -0.2) is 43.3 Å². The van der Waals surface area contributed by atoms with Gasteiger partial charge in [-0.25, -0.2) is 17.9 Å². The molecule has 1 aromatic heterocycles. The maximum Gasteiger partial charge on any atom is 0.420 e. The highest BCUT2D eigenvalue weighted by Crippen LogP contribution is 2.23. The highest BCUT2D eigenvalue weighted by Gasteiger charge is 2.20. The van der Waals surface area contributed by atoms with Gasteiger partial charge in [-0.2, -0.15) is 0 Å². The van der Waals surface area contributed by atoms with Crippen molar-refractivity contribution in [2.24, 2.45) is 5.41 Å². The zero-order chi connectivity index (χ0) is 24.6. The van der Waals surface area contributed by atoms with E-state index in [1.165, 1.54) is 0 Å². The summed E-state index contributed by atoms with van der Waals surface area (Å²) in [6, 6.07) is 6.85. The van der Waals surface area contributed by atoms with Crippen LogP contribution in [0, 0.1) is 5.41 Å². The molecule has 11 heteroatoms. The normalized spacial score (nSPS) is 11.9. The molecule has 8 nitrogen and oxygen atoms in total. The van der Waals surface area contributed by atoms with E-state index in [0.29, 0.717) is 34.8 Å². The summed E-state index contributed by atoms with van der Waals surface area (Å²) in [6.45, 7) is 8.61. The van der Waals surface area contributed by atoms with Gasteiger partial charge in [0.25, 0.3) is 0 Å². The number of hydrogen-bond donors (Lipinski definition) is 1. The summed E-state index contributed by atoms with van der Waals surface area (Å²) in [7, 11) is -3.91. The van der Waals surface area contributed by atoms with Crippen LogP contribution in [-0.2, 0) is 27.7 Å². The highest BCUT2D eigenvalue weighted by atomic mass is 35.5. The Morgan fingerprint density at radius 2 is 1.94 bits per heavy atom. The molecule has 0 spiro atoms. The number of ether oxygens (including phenoxy) is 2. The molecule has 0 radical (unpaired) electrons. The monoisotopic (exact) mass is 519 g/mol. The molecule has 1 aromatic carbocycles. The average Bonchev–Trinajstić information content (AvgIpc) is 3.08. The van der Waals surface area contributed by atoms with Gasteiger partial charge in [0.2, 0.25) is 15.9 Å². The van der Waals surface area contributed by atoms with Crippen LogP contribution in [0.1, 0.15) is 51.8 Å². The van der Waals surface area contributed by atoms with Gasteiger partial charge in [-0.3, -0.25) is 4.68 Å². The SMILES string of the molecule is CCCCOc1cc(CCS(=O)(=O)NC(=O)OCC(C)(C)C)n(Cc2ccc(Cl)cc2Cl)n1. The first-order valence-corrected chi connectivity index (χ1v) is 13.1. The molecule has 0 fully saturated rings. The summed E-state index contributed by atoms with van der Waals surface area (Å²) in [5, 5.41) is 5.45. The summed E-state index contributed by atoms with van der Waals surface area (Å²) >= 11 is 12.3. The number of carbonyl (C=O) groups excluding carboxylic acids is 1. The molecular weight excluding hydrogens is 489 g/mol. The number of aromatic nitrogens is 2. The van der Waals surface area contributed by atoms with Crippen molar-refractivity contribution in [2.75, 3.05) is 19.0 Å². The van der Waals surface area contributed by atoms with Crippen molar-refractivity contribution < 1.29 is 22.7 Å². The highest BCUT2D eigenvalue weighted by molar-refractivity contribution is 7.90. The quantitative estimate of drug-likeness (QED) is 0.416. The Labute approximate surface area is 205 Å². The van der Waals surface area contributed by atoms with Crippen LogP contribution < -0.4 is 9.46 Å². The minimum Gasteiger partial charge on any atom is -0.477 e. The molecule has 0 saturated heterocycles. The van der Waals surface area contributed by atoms with Gasteiger partial charge >= 0.3 is 6.09 Å². The van der Waals surface area contributed by atoms with Crippen molar-refractivity contribution in [2.45, 2.75) is 53.5 Å². The van der Waals surface area contributed by atoms with Gasteiger partial charge in [0.15, 0.2) is 0 Å². The topological polar surface area (TPSA) is 99.5 Å². The minimum absolute atomic E-state index is 0.0986. The van der Waals surface area contributed by atoms with E-state index in [2.05, 4.69) is 12.0 Å². The maximum atomic E-state index is 12.4. The standard InChI is InChI=1S/C22H31Cl2N3O5S/c1-5-6-10-31-20-13-18(27(25-20)14-16-7-8-17(23)12-19(16)24)9-11-33(29,30)26-21(28)32-15-22(2,3)4/h7-8,12-13H,5-6,9-11,14-15H2,1-4H3,(H,26,28). The van der Waals surface area contributed by atoms with E-state index >= 15 is 0 Å². The number of hydrogen-bond acceptors (Lipinski definition) is 6. The Balaban J connectivity index is 2.11. The third-order valence-electron chi connectivity index (χ3n) is 4.43. The number of sulfonamides is 1. The second-order valence-corrected chi connectivity index (χ2v) is 11.6. The first-order chi connectivity index (χ1) is 15.4. The molecule has 0 aliphatic heterocycles. The second kappa shape index (κ2) is 11.9. The van der Waals surface area contributed by atoms with E-state index in [1.54, 1.807) is 28.9 Å². The van der Waals surface area contributed by atoms with Crippen molar-refractivity contribution in [1.82, 2.24) is 14.5 Å². The third-order valence-corrected chi connectivity index (χ3v) is 6.23.